The standard InChI is InChI=1S/C18H19N7O2/c1-3-10-24-18(13-8-9-17-20-22-23-25(17)11-13)19-16(21-24)12-27-15-7-5-4-6-14(15)26-2/h4-9,11H,3,10,12H2,1-2H3. The molecular formula is C18H19N7O2. The molecule has 4 aromatic rings. The molecule has 3 heterocycles. The molecule has 0 spiro atoms. The van der Waals surface area contributed by atoms with Crippen LogP contribution in [0.2, 0.25) is 0 Å². The van der Waals surface area contributed by atoms with E-state index in [1.165, 1.54) is 0 Å². The second-order valence-electron chi connectivity index (χ2n) is 5.91. The summed E-state index contributed by atoms with van der Waals surface area (Å²) in [5.41, 5.74) is 1.57. The molecule has 138 valence electrons. The molecule has 0 aliphatic heterocycles. The largest absolute Gasteiger partial charge is 0.493 e. The summed E-state index contributed by atoms with van der Waals surface area (Å²) in [7, 11) is 1.61. The van der Waals surface area contributed by atoms with Gasteiger partial charge in [-0.25, -0.2) is 9.67 Å². The zero-order chi connectivity index (χ0) is 18.6. The minimum Gasteiger partial charge on any atom is -0.493 e. The van der Waals surface area contributed by atoms with Gasteiger partial charge in [-0.1, -0.05) is 19.1 Å². The summed E-state index contributed by atoms with van der Waals surface area (Å²) < 4.78 is 14.7. The highest BCUT2D eigenvalue weighted by Crippen LogP contribution is 2.26. The molecule has 9 heteroatoms. The van der Waals surface area contributed by atoms with E-state index < -0.39 is 0 Å². The molecule has 4 rings (SSSR count). The molecule has 0 unspecified atom stereocenters. The number of nitrogens with zero attached hydrogens (tertiary/aromatic N) is 7. The number of aromatic nitrogens is 7. The van der Waals surface area contributed by atoms with Crippen LogP contribution in [-0.4, -0.2) is 41.9 Å². The molecule has 3 aromatic heterocycles. The molecule has 0 amide bonds. The Bertz CT molecular complexity index is 1060. The number of rotatable bonds is 7. The zero-order valence-electron chi connectivity index (χ0n) is 15.1. The van der Waals surface area contributed by atoms with Gasteiger partial charge in [-0.2, -0.15) is 9.61 Å². The SMILES string of the molecule is CCCn1nc(COc2ccccc2OC)nc1-c1ccc2nnnn2c1. The highest BCUT2D eigenvalue weighted by atomic mass is 16.5. The first-order valence-electron chi connectivity index (χ1n) is 8.66. The molecule has 0 bridgehead atoms. The third kappa shape index (κ3) is 3.43. The number of benzene rings is 1. The average molecular weight is 365 g/mol. The number of ether oxygens (including phenoxy) is 2. The van der Waals surface area contributed by atoms with Gasteiger partial charge in [0.25, 0.3) is 0 Å². The molecule has 1 aromatic carbocycles. The topological polar surface area (TPSA) is 92.2 Å². The third-order valence-corrected chi connectivity index (χ3v) is 4.03. The average Bonchev–Trinajstić information content (AvgIpc) is 3.33. The monoisotopic (exact) mass is 365 g/mol. The first-order valence-corrected chi connectivity index (χ1v) is 8.66. The fraction of sp³-hybridized carbons (Fsp3) is 0.278. The fourth-order valence-corrected chi connectivity index (χ4v) is 2.79. The number of aryl methyl sites for hydroxylation is 1. The third-order valence-electron chi connectivity index (χ3n) is 4.03. The number of methoxy groups -OCH3 is 1. The Morgan fingerprint density at radius 3 is 2.74 bits per heavy atom. The van der Waals surface area contributed by atoms with Crippen LogP contribution >= 0.6 is 0 Å². The van der Waals surface area contributed by atoms with Gasteiger partial charge in [0.15, 0.2) is 28.8 Å². The molecule has 27 heavy (non-hydrogen) atoms. The van der Waals surface area contributed by atoms with Crippen molar-refractivity contribution in [3.8, 4) is 22.9 Å². The number of tetrazole rings is 1. The second-order valence-corrected chi connectivity index (χ2v) is 5.91. The number of para-hydroxylation sites is 2. The van der Waals surface area contributed by atoms with E-state index >= 15 is 0 Å². The Morgan fingerprint density at radius 1 is 1.07 bits per heavy atom. The lowest BCUT2D eigenvalue weighted by Gasteiger charge is -2.08. The van der Waals surface area contributed by atoms with Crippen LogP contribution in [-0.2, 0) is 13.2 Å². The maximum Gasteiger partial charge on any atom is 0.188 e. The summed E-state index contributed by atoms with van der Waals surface area (Å²) in [5.74, 6) is 2.69. The second kappa shape index (κ2) is 7.40. The van der Waals surface area contributed by atoms with Crippen LogP contribution in [0.15, 0.2) is 42.6 Å². The first kappa shape index (κ1) is 17.0. The van der Waals surface area contributed by atoms with E-state index in [0.717, 1.165) is 24.4 Å². The van der Waals surface area contributed by atoms with Crippen molar-refractivity contribution in [1.82, 2.24) is 34.8 Å². The van der Waals surface area contributed by atoms with Crippen LogP contribution in [0.5, 0.6) is 11.5 Å². The molecule has 0 aliphatic carbocycles. The quantitative estimate of drug-likeness (QED) is 0.496. The Kier molecular flexibility index (Phi) is 4.65. The minimum atomic E-state index is 0.247. The van der Waals surface area contributed by atoms with E-state index in [0.29, 0.717) is 23.0 Å². The summed E-state index contributed by atoms with van der Waals surface area (Å²) in [6.45, 7) is 3.10. The van der Waals surface area contributed by atoms with E-state index in [1.54, 1.807) is 11.6 Å². The summed E-state index contributed by atoms with van der Waals surface area (Å²) in [4.78, 5) is 4.66. The van der Waals surface area contributed by atoms with Gasteiger partial charge in [-0.05, 0) is 41.1 Å². The lowest BCUT2D eigenvalue weighted by molar-refractivity contribution is 0.275. The maximum atomic E-state index is 5.85. The number of hydrogen-bond acceptors (Lipinski definition) is 7. The number of pyridine rings is 1. The zero-order valence-corrected chi connectivity index (χ0v) is 15.1. The van der Waals surface area contributed by atoms with Gasteiger partial charge in [0, 0.05) is 18.3 Å². The Morgan fingerprint density at radius 2 is 1.93 bits per heavy atom. The van der Waals surface area contributed by atoms with Crippen molar-refractivity contribution >= 4 is 5.65 Å². The molecule has 0 fully saturated rings. The molecule has 0 N–H and O–H groups in total. The van der Waals surface area contributed by atoms with E-state index in [2.05, 4.69) is 32.5 Å². The predicted molar refractivity (Wildman–Crippen MR) is 97.4 cm³/mol. The van der Waals surface area contributed by atoms with Gasteiger partial charge >= 0.3 is 0 Å². The van der Waals surface area contributed by atoms with Crippen LogP contribution in [0.25, 0.3) is 17.0 Å². The highest BCUT2D eigenvalue weighted by Gasteiger charge is 2.14. The number of fused-ring (bicyclic) bond motifs is 1. The van der Waals surface area contributed by atoms with Gasteiger partial charge < -0.3 is 9.47 Å². The molecule has 0 atom stereocenters. The summed E-state index contributed by atoms with van der Waals surface area (Å²) >= 11 is 0. The van der Waals surface area contributed by atoms with E-state index in [-0.39, 0.29) is 6.61 Å². The highest BCUT2D eigenvalue weighted by molar-refractivity contribution is 5.57. The van der Waals surface area contributed by atoms with E-state index in [1.807, 2.05) is 47.3 Å². The molecule has 0 saturated heterocycles. The van der Waals surface area contributed by atoms with Gasteiger partial charge in [0.05, 0.1) is 7.11 Å². The predicted octanol–water partition coefficient (Wildman–Crippen LogP) is 2.38. The van der Waals surface area contributed by atoms with E-state index in [9.17, 15) is 0 Å². The van der Waals surface area contributed by atoms with Gasteiger partial charge in [-0.15, -0.1) is 5.10 Å². The van der Waals surface area contributed by atoms with Crippen molar-refractivity contribution in [2.45, 2.75) is 26.5 Å². The Balaban J connectivity index is 1.62. The fourth-order valence-electron chi connectivity index (χ4n) is 2.79. The van der Waals surface area contributed by atoms with Gasteiger partial charge in [0.2, 0.25) is 0 Å². The van der Waals surface area contributed by atoms with Crippen LogP contribution in [0, 0.1) is 0 Å². The van der Waals surface area contributed by atoms with E-state index in [4.69, 9.17) is 9.47 Å². The van der Waals surface area contributed by atoms with Crippen LogP contribution in [0.3, 0.4) is 0 Å². The van der Waals surface area contributed by atoms with Crippen molar-refractivity contribution in [1.29, 1.82) is 0 Å². The summed E-state index contributed by atoms with van der Waals surface area (Å²) in [6.07, 6.45) is 2.78. The molecule has 0 radical (unpaired) electrons. The van der Waals surface area contributed by atoms with Gasteiger partial charge in [-0.3, -0.25) is 0 Å². The molecule has 0 saturated carbocycles. The summed E-state index contributed by atoms with van der Waals surface area (Å²) in [5, 5.41) is 16.1. The lowest BCUT2D eigenvalue weighted by atomic mass is 10.2. The molecule has 0 aliphatic rings. The van der Waals surface area contributed by atoms with Crippen LogP contribution < -0.4 is 9.47 Å². The van der Waals surface area contributed by atoms with Crippen molar-refractivity contribution in [2.24, 2.45) is 0 Å². The van der Waals surface area contributed by atoms with Crippen molar-refractivity contribution in [2.75, 3.05) is 7.11 Å². The first-order chi connectivity index (χ1) is 13.3. The summed E-state index contributed by atoms with van der Waals surface area (Å²) in [6, 6.07) is 11.3. The Labute approximate surface area is 155 Å². The van der Waals surface area contributed by atoms with Crippen LogP contribution in [0.1, 0.15) is 19.2 Å². The molecule has 9 nitrogen and oxygen atoms in total. The molecular weight excluding hydrogens is 346 g/mol. The smallest absolute Gasteiger partial charge is 0.188 e. The maximum absolute atomic E-state index is 5.85. The van der Waals surface area contributed by atoms with Crippen molar-refractivity contribution in [3.05, 3.63) is 48.4 Å². The normalized spacial score (nSPS) is 11.0. The van der Waals surface area contributed by atoms with Crippen LogP contribution in [0.4, 0.5) is 0 Å². The minimum absolute atomic E-state index is 0.247. The van der Waals surface area contributed by atoms with Gasteiger partial charge in [0.1, 0.15) is 6.61 Å². The van der Waals surface area contributed by atoms with Crippen molar-refractivity contribution < 1.29 is 9.47 Å². The number of hydrogen-bond donors (Lipinski definition) is 0. The Hall–Kier alpha value is -3.49. The van der Waals surface area contributed by atoms with Crippen molar-refractivity contribution in [3.63, 3.8) is 0 Å². The lowest BCUT2D eigenvalue weighted by Crippen LogP contribution is -2.04.